The first-order chi connectivity index (χ1) is 3.81. The summed E-state index contributed by atoms with van der Waals surface area (Å²) in [6.07, 6.45) is 0. The molecule has 0 rings (SSSR count). The maximum atomic E-state index is 11.4. The molecule has 0 saturated carbocycles. The van der Waals surface area contributed by atoms with Crippen molar-refractivity contribution >= 4 is 11.1 Å². The van der Waals surface area contributed by atoms with Gasteiger partial charge in [-0.25, -0.2) is 0 Å². The van der Waals surface area contributed by atoms with Crippen molar-refractivity contribution in [2.24, 2.45) is 0 Å². The highest BCUT2D eigenvalue weighted by Gasteiger charge is 2.54. The molecule has 0 aromatic carbocycles. The van der Waals surface area contributed by atoms with Crippen molar-refractivity contribution < 1.29 is 25.1 Å². The van der Waals surface area contributed by atoms with E-state index in [-0.39, 0.29) is 0 Å². The van der Waals surface area contributed by atoms with E-state index in [1.165, 1.54) is 0 Å². The maximum absolute atomic E-state index is 11.4. The third-order valence-electron chi connectivity index (χ3n) is 0.479. The molecule has 0 spiro atoms. The van der Waals surface area contributed by atoms with E-state index in [1.807, 2.05) is 0 Å². The Hall–Kier alpha value is -0.0400. The lowest BCUT2D eigenvalue weighted by Crippen LogP contribution is -2.13. The first-order valence-electron chi connectivity index (χ1n) is 1.65. The lowest BCUT2D eigenvalue weighted by Gasteiger charge is -2.19. The topological polar surface area (TPSA) is 9.23 Å². The first-order valence-corrected chi connectivity index (χ1v) is 3.01. The fourth-order valence-corrected chi connectivity index (χ4v) is 0.283. The van der Waals surface area contributed by atoms with E-state index in [1.54, 1.807) is 0 Å². The SMILES string of the molecule is COS(F)(F)C(F)(F)F. The van der Waals surface area contributed by atoms with Crippen molar-refractivity contribution in [1.82, 2.24) is 0 Å². The van der Waals surface area contributed by atoms with Crippen LogP contribution in [0.5, 0.6) is 0 Å². The van der Waals surface area contributed by atoms with Crippen molar-refractivity contribution in [3.8, 4) is 0 Å². The summed E-state index contributed by atoms with van der Waals surface area (Å²) in [5, 5.41) is 0. The molecular weight excluding hydrogens is 167 g/mol. The summed E-state index contributed by atoms with van der Waals surface area (Å²) in [6, 6.07) is 0. The van der Waals surface area contributed by atoms with Crippen LogP contribution in [0.25, 0.3) is 0 Å². The molecule has 0 aliphatic heterocycles. The summed E-state index contributed by atoms with van der Waals surface area (Å²) in [6.45, 7) is 0. The van der Waals surface area contributed by atoms with Gasteiger partial charge in [0.25, 0.3) is 11.1 Å². The lowest BCUT2D eigenvalue weighted by molar-refractivity contribution is -0.0563. The van der Waals surface area contributed by atoms with E-state index in [9.17, 15) is 20.9 Å². The molecule has 7 heteroatoms. The Bertz CT molecular complexity index is 97.6. The molecule has 0 N–H and O–H groups in total. The fraction of sp³-hybridized carbons (Fsp3) is 1.00. The average Bonchev–Trinajstić information content (AvgIpc) is 1.64. The third-order valence-corrected chi connectivity index (χ3v) is 1.44. The second-order valence-corrected chi connectivity index (χ2v) is 2.67. The smallest absolute Gasteiger partial charge is 0.282 e. The lowest BCUT2D eigenvalue weighted by atomic mass is 11.6. The van der Waals surface area contributed by atoms with E-state index in [0.29, 0.717) is 7.11 Å². The molecule has 0 bridgehead atoms. The van der Waals surface area contributed by atoms with Crippen LogP contribution in [0, 0.1) is 0 Å². The highest BCUT2D eigenvalue weighted by Crippen LogP contribution is 2.65. The number of alkyl halides is 3. The minimum absolute atomic E-state index is 0.322. The van der Waals surface area contributed by atoms with Crippen LogP contribution in [0.3, 0.4) is 0 Å². The molecule has 0 aliphatic rings. The van der Waals surface area contributed by atoms with Gasteiger partial charge >= 0.3 is 5.51 Å². The van der Waals surface area contributed by atoms with Crippen LogP contribution >= 0.6 is 11.1 Å². The largest absolute Gasteiger partial charge is 0.502 e. The molecule has 0 aliphatic carbocycles. The second-order valence-electron chi connectivity index (χ2n) is 1.03. The molecule has 0 unspecified atom stereocenters. The van der Waals surface area contributed by atoms with Gasteiger partial charge in [-0.15, -0.1) is 7.77 Å². The monoisotopic (exact) mass is 170 g/mol. The minimum atomic E-state index is -5.84. The summed E-state index contributed by atoms with van der Waals surface area (Å²) in [4.78, 5) is 0. The zero-order valence-corrected chi connectivity index (χ0v) is 5.02. The molecule has 9 heavy (non-hydrogen) atoms. The van der Waals surface area contributed by atoms with Crippen LogP contribution < -0.4 is 0 Å². The van der Waals surface area contributed by atoms with Gasteiger partial charge in [-0.1, -0.05) is 0 Å². The van der Waals surface area contributed by atoms with Gasteiger partial charge in [-0.2, -0.15) is 13.2 Å². The van der Waals surface area contributed by atoms with Crippen LogP contribution in [0.2, 0.25) is 0 Å². The van der Waals surface area contributed by atoms with Crippen LogP contribution in [-0.2, 0) is 4.18 Å². The number of halogens is 5. The predicted molar refractivity (Wildman–Crippen MR) is 22.9 cm³/mol. The van der Waals surface area contributed by atoms with Crippen molar-refractivity contribution in [3.63, 3.8) is 0 Å². The summed E-state index contributed by atoms with van der Waals surface area (Å²) >= 11 is -5.84. The zero-order valence-electron chi connectivity index (χ0n) is 4.21. The highest BCUT2D eigenvalue weighted by atomic mass is 32.3. The van der Waals surface area contributed by atoms with Gasteiger partial charge in [0.1, 0.15) is 0 Å². The predicted octanol–water partition coefficient (Wildman–Crippen LogP) is 2.64. The summed E-state index contributed by atoms with van der Waals surface area (Å²) in [5.41, 5.74) is -5.53. The Kier molecular flexibility index (Phi) is 2.29. The minimum Gasteiger partial charge on any atom is -0.282 e. The Morgan fingerprint density at radius 1 is 1.22 bits per heavy atom. The first kappa shape index (κ1) is 8.96. The van der Waals surface area contributed by atoms with Crippen molar-refractivity contribution in [1.29, 1.82) is 0 Å². The van der Waals surface area contributed by atoms with Gasteiger partial charge in [0.05, 0.1) is 7.11 Å². The molecular formula is C2H3F5OS. The molecule has 0 atom stereocenters. The highest BCUT2D eigenvalue weighted by molar-refractivity contribution is 8.21. The number of rotatable bonds is 1. The van der Waals surface area contributed by atoms with E-state index in [2.05, 4.69) is 4.18 Å². The molecule has 0 radical (unpaired) electrons. The number of hydrogen-bond acceptors (Lipinski definition) is 1. The van der Waals surface area contributed by atoms with Gasteiger partial charge in [0.15, 0.2) is 0 Å². The molecule has 0 aromatic heterocycles. The van der Waals surface area contributed by atoms with Crippen molar-refractivity contribution in [3.05, 3.63) is 0 Å². The quantitative estimate of drug-likeness (QED) is 0.549. The Balaban J connectivity index is 4.14. The normalized spacial score (nSPS) is 15.8. The molecule has 0 amide bonds. The molecule has 1 nitrogen and oxygen atoms in total. The summed E-state index contributed by atoms with van der Waals surface area (Å²) in [5.74, 6) is 0. The van der Waals surface area contributed by atoms with Crippen LogP contribution in [0.15, 0.2) is 0 Å². The summed E-state index contributed by atoms with van der Waals surface area (Å²) < 4.78 is 58.7. The third kappa shape index (κ3) is 1.98. The molecule has 0 heterocycles. The van der Waals surface area contributed by atoms with Gasteiger partial charge in [-0.3, -0.25) is 4.18 Å². The van der Waals surface area contributed by atoms with Crippen molar-refractivity contribution in [2.45, 2.75) is 5.51 Å². The molecule has 0 aromatic rings. The Morgan fingerprint density at radius 3 is 1.56 bits per heavy atom. The maximum Gasteiger partial charge on any atom is 0.502 e. The zero-order chi connectivity index (χ0) is 7.71. The number of hydrogen-bond donors (Lipinski definition) is 0. The average molecular weight is 170 g/mol. The van der Waals surface area contributed by atoms with E-state index >= 15 is 0 Å². The standard InChI is InChI=1S/C2H3F5OS/c1-8-9(6,7)2(3,4)5/h1H3. The van der Waals surface area contributed by atoms with Crippen LogP contribution in [0.4, 0.5) is 20.9 Å². The van der Waals surface area contributed by atoms with Gasteiger partial charge in [0, 0.05) is 0 Å². The van der Waals surface area contributed by atoms with Gasteiger partial charge in [0.2, 0.25) is 0 Å². The Labute approximate surface area is 49.9 Å². The summed E-state index contributed by atoms with van der Waals surface area (Å²) in [7, 11) is 0.322. The second kappa shape index (κ2) is 2.30. The van der Waals surface area contributed by atoms with Crippen LogP contribution in [-0.4, -0.2) is 12.6 Å². The van der Waals surface area contributed by atoms with Crippen molar-refractivity contribution in [2.75, 3.05) is 7.11 Å². The van der Waals surface area contributed by atoms with E-state index < -0.39 is 16.6 Å². The van der Waals surface area contributed by atoms with E-state index in [4.69, 9.17) is 0 Å². The fourth-order valence-electron chi connectivity index (χ4n) is 0.0945. The van der Waals surface area contributed by atoms with E-state index in [0.717, 1.165) is 0 Å². The van der Waals surface area contributed by atoms with Crippen LogP contribution in [0.1, 0.15) is 0 Å². The Morgan fingerprint density at radius 2 is 1.56 bits per heavy atom. The molecule has 0 fully saturated rings. The molecule has 58 valence electrons. The molecule has 0 saturated heterocycles. The van der Waals surface area contributed by atoms with Gasteiger partial charge < -0.3 is 0 Å². The van der Waals surface area contributed by atoms with Gasteiger partial charge in [-0.05, 0) is 0 Å².